The van der Waals surface area contributed by atoms with Crippen LogP contribution in [0.2, 0.25) is 5.02 Å². The number of hydrogen-bond acceptors (Lipinski definition) is 4. The van der Waals surface area contributed by atoms with Crippen molar-refractivity contribution in [2.45, 2.75) is 30.4 Å². The molecule has 1 aromatic heterocycles. The highest BCUT2D eigenvalue weighted by Crippen LogP contribution is 2.25. The molecule has 0 unspecified atom stereocenters. The van der Waals surface area contributed by atoms with Crippen LogP contribution in [0.5, 0.6) is 0 Å². The third-order valence-electron chi connectivity index (χ3n) is 3.92. The Morgan fingerprint density at radius 2 is 2.04 bits per heavy atom. The first-order valence-corrected chi connectivity index (χ1v) is 9.63. The lowest BCUT2D eigenvalue weighted by Gasteiger charge is -2.25. The van der Waals surface area contributed by atoms with Crippen molar-refractivity contribution in [2.75, 3.05) is 6.54 Å². The van der Waals surface area contributed by atoms with E-state index >= 15 is 0 Å². The zero-order valence-corrected chi connectivity index (χ0v) is 14.9. The maximum atomic E-state index is 12.8. The number of amides is 2. The van der Waals surface area contributed by atoms with E-state index in [1.54, 1.807) is 12.1 Å². The van der Waals surface area contributed by atoms with Gasteiger partial charge in [-0.2, -0.15) is 4.31 Å². The van der Waals surface area contributed by atoms with Gasteiger partial charge in [0.2, 0.25) is 10.0 Å². The monoisotopic (exact) mass is 383 g/mol. The average molecular weight is 384 g/mol. The molecule has 2 aromatic rings. The normalized spacial score (nSPS) is 18.2. The zero-order valence-electron chi connectivity index (χ0n) is 13.3. The van der Waals surface area contributed by atoms with E-state index in [2.05, 4.69) is 10.6 Å². The molecule has 9 heteroatoms. The predicted molar refractivity (Wildman–Crippen MR) is 92.4 cm³/mol. The minimum Gasteiger partial charge on any atom is -0.467 e. The first kappa shape index (κ1) is 17.8. The molecule has 0 aliphatic carbocycles. The molecule has 0 saturated carbocycles. The van der Waals surface area contributed by atoms with Crippen LogP contribution in [0.15, 0.2) is 52.0 Å². The van der Waals surface area contributed by atoms with Crippen molar-refractivity contribution in [3.05, 3.63) is 53.4 Å². The number of furan rings is 1. The number of sulfonamides is 1. The van der Waals surface area contributed by atoms with Crippen LogP contribution in [-0.4, -0.2) is 31.5 Å². The van der Waals surface area contributed by atoms with Crippen molar-refractivity contribution in [3.8, 4) is 0 Å². The van der Waals surface area contributed by atoms with E-state index in [4.69, 9.17) is 16.0 Å². The number of carbonyl (C=O) groups excluding carboxylic acids is 1. The predicted octanol–water partition coefficient (Wildman–Crippen LogP) is 2.54. The molecule has 2 heterocycles. The van der Waals surface area contributed by atoms with Crippen LogP contribution in [0.4, 0.5) is 4.79 Å². The van der Waals surface area contributed by atoms with Gasteiger partial charge < -0.3 is 15.1 Å². The van der Waals surface area contributed by atoms with Crippen LogP contribution >= 0.6 is 11.6 Å². The molecule has 1 aliphatic heterocycles. The van der Waals surface area contributed by atoms with E-state index in [0.717, 1.165) is 0 Å². The van der Waals surface area contributed by atoms with E-state index < -0.39 is 22.2 Å². The van der Waals surface area contributed by atoms with E-state index in [0.29, 0.717) is 30.2 Å². The Morgan fingerprint density at radius 1 is 1.28 bits per heavy atom. The fourth-order valence-corrected chi connectivity index (χ4v) is 4.44. The molecule has 134 valence electrons. The summed E-state index contributed by atoms with van der Waals surface area (Å²) in [6.07, 6.45) is 2.17. The Balaban J connectivity index is 1.65. The second kappa shape index (κ2) is 7.47. The summed E-state index contributed by atoms with van der Waals surface area (Å²) in [5.41, 5.74) is 0. The van der Waals surface area contributed by atoms with Crippen molar-refractivity contribution in [2.24, 2.45) is 0 Å². The maximum Gasteiger partial charge on any atom is 0.316 e. The molecule has 1 atom stereocenters. The van der Waals surface area contributed by atoms with Gasteiger partial charge in [0.15, 0.2) is 0 Å². The first-order valence-electron chi connectivity index (χ1n) is 7.81. The number of hydrogen-bond donors (Lipinski definition) is 2. The van der Waals surface area contributed by atoms with Gasteiger partial charge in [0.05, 0.1) is 23.9 Å². The number of halogens is 1. The molecule has 7 nitrogen and oxygen atoms in total. The second-order valence-electron chi connectivity index (χ2n) is 5.63. The molecule has 1 aromatic carbocycles. The Labute approximate surface area is 151 Å². The van der Waals surface area contributed by atoms with Gasteiger partial charge in [0, 0.05) is 11.6 Å². The molecule has 1 fully saturated rings. The molecule has 1 saturated heterocycles. The minimum absolute atomic E-state index is 0.154. The van der Waals surface area contributed by atoms with Gasteiger partial charge in [-0.05, 0) is 49.2 Å². The summed E-state index contributed by atoms with van der Waals surface area (Å²) in [5, 5.41) is 5.82. The van der Waals surface area contributed by atoms with E-state index in [1.165, 1.54) is 34.8 Å². The molecule has 0 bridgehead atoms. The van der Waals surface area contributed by atoms with Crippen molar-refractivity contribution in [1.29, 1.82) is 0 Å². The van der Waals surface area contributed by atoms with E-state index in [-0.39, 0.29) is 11.4 Å². The maximum absolute atomic E-state index is 12.8. The largest absolute Gasteiger partial charge is 0.467 e. The molecule has 1 aliphatic rings. The van der Waals surface area contributed by atoms with Gasteiger partial charge in [-0.3, -0.25) is 0 Å². The molecule has 2 amide bonds. The quantitative estimate of drug-likeness (QED) is 0.829. The molecule has 3 rings (SSSR count). The fourth-order valence-electron chi connectivity index (χ4n) is 2.70. The van der Waals surface area contributed by atoms with Gasteiger partial charge in [-0.25, -0.2) is 13.2 Å². The topological polar surface area (TPSA) is 91.7 Å². The molecule has 0 radical (unpaired) electrons. The Bertz CT molecular complexity index is 822. The standard InChI is InChI=1S/C16H18ClN3O4S/c17-12-5-7-14(8-6-12)25(22,23)20-9-1-4-15(20)19-16(21)18-11-13-3-2-10-24-13/h2-3,5-8,10,15H,1,4,9,11H2,(H2,18,19,21)/t15-/m0/s1. The molecule has 25 heavy (non-hydrogen) atoms. The highest BCUT2D eigenvalue weighted by atomic mass is 35.5. The van der Waals surface area contributed by atoms with Gasteiger partial charge in [-0.1, -0.05) is 11.6 Å². The van der Waals surface area contributed by atoms with Crippen LogP contribution in [0.3, 0.4) is 0 Å². The van der Waals surface area contributed by atoms with Gasteiger partial charge in [-0.15, -0.1) is 0 Å². The summed E-state index contributed by atoms with van der Waals surface area (Å²) in [6.45, 7) is 0.587. The van der Waals surface area contributed by atoms with Crippen molar-refractivity contribution in [3.63, 3.8) is 0 Å². The van der Waals surface area contributed by atoms with Crippen molar-refractivity contribution in [1.82, 2.24) is 14.9 Å². The lowest BCUT2D eigenvalue weighted by atomic mass is 10.3. The molecule has 2 N–H and O–H groups in total. The lowest BCUT2D eigenvalue weighted by Crippen LogP contribution is -2.49. The van der Waals surface area contributed by atoms with Crippen LogP contribution in [0.1, 0.15) is 18.6 Å². The summed E-state index contributed by atoms with van der Waals surface area (Å²) in [4.78, 5) is 12.2. The van der Waals surface area contributed by atoms with Gasteiger partial charge in [0.1, 0.15) is 5.76 Å². The Morgan fingerprint density at radius 3 is 2.72 bits per heavy atom. The SMILES string of the molecule is O=C(NCc1ccco1)N[C@@H]1CCCN1S(=O)(=O)c1ccc(Cl)cc1. The number of benzene rings is 1. The number of urea groups is 1. The number of nitrogens with zero attached hydrogens (tertiary/aromatic N) is 1. The summed E-state index contributed by atoms with van der Waals surface area (Å²) < 4.78 is 32.0. The van der Waals surface area contributed by atoms with Crippen LogP contribution in [0, 0.1) is 0 Å². The number of nitrogens with one attached hydrogen (secondary N) is 2. The van der Waals surface area contributed by atoms with Crippen LogP contribution in [0.25, 0.3) is 0 Å². The smallest absolute Gasteiger partial charge is 0.316 e. The summed E-state index contributed by atoms with van der Waals surface area (Å²) in [5.74, 6) is 0.618. The summed E-state index contributed by atoms with van der Waals surface area (Å²) in [6, 6.07) is 9.01. The highest BCUT2D eigenvalue weighted by molar-refractivity contribution is 7.89. The Kier molecular flexibility index (Phi) is 5.31. The van der Waals surface area contributed by atoms with E-state index in [9.17, 15) is 13.2 Å². The van der Waals surface area contributed by atoms with E-state index in [1.807, 2.05) is 0 Å². The second-order valence-corrected chi connectivity index (χ2v) is 7.96. The zero-order chi connectivity index (χ0) is 17.9. The minimum atomic E-state index is -3.69. The average Bonchev–Trinajstić information content (AvgIpc) is 3.25. The fraction of sp³-hybridized carbons (Fsp3) is 0.312. The summed E-state index contributed by atoms with van der Waals surface area (Å²) in [7, 11) is -3.69. The third-order valence-corrected chi connectivity index (χ3v) is 6.10. The molecular weight excluding hydrogens is 366 g/mol. The molecular formula is C16H18ClN3O4S. The van der Waals surface area contributed by atoms with Crippen molar-refractivity contribution >= 4 is 27.7 Å². The van der Waals surface area contributed by atoms with Gasteiger partial charge >= 0.3 is 6.03 Å². The highest BCUT2D eigenvalue weighted by Gasteiger charge is 2.36. The molecule has 0 spiro atoms. The van der Waals surface area contributed by atoms with Crippen LogP contribution < -0.4 is 10.6 Å². The Hall–Kier alpha value is -2.03. The first-order chi connectivity index (χ1) is 12.0. The van der Waals surface area contributed by atoms with Crippen LogP contribution in [-0.2, 0) is 16.6 Å². The lowest BCUT2D eigenvalue weighted by molar-refractivity contribution is 0.227. The van der Waals surface area contributed by atoms with Crippen molar-refractivity contribution < 1.29 is 17.6 Å². The number of carbonyl (C=O) groups is 1. The third kappa shape index (κ3) is 4.15. The van der Waals surface area contributed by atoms with Gasteiger partial charge in [0.25, 0.3) is 0 Å². The number of rotatable bonds is 5. The summed E-state index contributed by atoms with van der Waals surface area (Å²) >= 11 is 5.81.